The minimum atomic E-state index is -0.198. The summed E-state index contributed by atoms with van der Waals surface area (Å²) in [4.78, 5) is 16.8. The Bertz CT molecular complexity index is 1230. The summed E-state index contributed by atoms with van der Waals surface area (Å²) in [7, 11) is 0. The molecule has 9 heteroatoms. The van der Waals surface area contributed by atoms with E-state index in [9.17, 15) is 0 Å². The van der Waals surface area contributed by atoms with Gasteiger partial charge < -0.3 is 9.57 Å². The first-order valence-electron chi connectivity index (χ1n) is 9.18. The van der Waals surface area contributed by atoms with Crippen molar-refractivity contribution in [1.29, 1.82) is 0 Å². The van der Waals surface area contributed by atoms with Crippen LogP contribution in [0.4, 0.5) is 0 Å². The van der Waals surface area contributed by atoms with Gasteiger partial charge in [0.2, 0.25) is 0 Å². The standard InChI is InChI=1S/C20H18ClN5O2S/c1-20(2)7-14-15(9-27-20)29-19-17(14)18-24-16(25-26(18)11-22-19)10-28-23-8-12-3-5-13(21)6-4-12/h3-6,8,11H,7,9-10H2,1-2H3. The molecular weight excluding hydrogens is 410 g/mol. The number of benzene rings is 1. The van der Waals surface area contributed by atoms with E-state index in [-0.39, 0.29) is 12.2 Å². The van der Waals surface area contributed by atoms with E-state index in [4.69, 9.17) is 21.2 Å². The first kappa shape index (κ1) is 18.5. The van der Waals surface area contributed by atoms with Gasteiger partial charge >= 0.3 is 0 Å². The average molecular weight is 428 g/mol. The summed E-state index contributed by atoms with van der Waals surface area (Å²) in [6.07, 6.45) is 4.15. The molecule has 4 heterocycles. The van der Waals surface area contributed by atoms with Gasteiger partial charge in [-0.3, -0.25) is 0 Å². The predicted molar refractivity (Wildman–Crippen MR) is 113 cm³/mol. The molecule has 4 aromatic rings. The van der Waals surface area contributed by atoms with Crippen LogP contribution in [0.2, 0.25) is 5.02 Å². The quantitative estimate of drug-likeness (QED) is 0.356. The predicted octanol–water partition coefficient (Wildman–Crippen LogP) is 4.39. The highest BCUT2D eigenvalue weighted by Gasteiger charge is 2.30. The summed E-state index contributed by atoms with van der Waals surface area (Å²) in [5.74, 6) is 0.554. The van der Waals surface area contributed by atoms with Gasteiger partial charge in [-0.2, -0.15) is 0 Å². The van der Waals surface area contributed by atoms with Crippen molar-refractivity contribution in [3.8, 4) is 0 Å². The van der Waals surface area contributed by atoms with Crippen molar-refractivity contribution in [3.63, 3.8) is 0 Å². The van der Waals surface area contributed by atoms with Crippen LogP contribution in [0.15, 0.2) is 35.7 Å². The van der Waals surface area contributed by atoms with Crippen molar-refractivity contribution in [2.45, 2.75) is 39.1 Å². The Labute approximate surface area is 175 Å². The van der Waals surface area contributed by atoms with Gasteiger partial charge in [0.25, 0.3) is 0 Å². The smallest absolute Gasteiger partial charge is 0.192 e. The van der Waals surface area contributed by atoms with Crippen molar-refractivity contribution in [2.24, 2.45) is 5.16 Å². The third-order valence-electron chi connectivity index (χ3n) is 4.79. The summed E-state index contributed by atoms with van der Waals surface area (Å²) in [6, 6.07) is 7.34. The fraction of sp³-hybridized carbons (Fsp3) is 0.300. The first-order chi connectivity index (χ1) is 14.0. The van der Waals surface area contributed by atoms with Gasteiger partial charge in [-0.25, -0.2) is 14.5 Å². The third kappa shape index (κ3) is 3.59. The molecular formula is C20H18ClN5O2S. The molecule has 0 bridgehead atoms. The summed E-state index contributed by atoms with van der Waals surface area (Å²) < 4.78 is 7.65. The van der Waals surface area contributed by atoms with E-state index in [2.05, 4.69) is 34.1 Å². The van der Waals surface area contributed by atoms with Crippen LogP contribution in [0.3, 0.4) is 0 Å². The van der Waals surface area contributed by atoms with Crippen LogP contribution in [-0.2, 0) is 29.2 Å². The number of nitrogens with zero attached hydrogens (tertiary/aromatic N) is 5. The minimum Gasteiger partial charge on any atom is -0.387 e. The third-order valence-corrected chi connectivity index (χ3v) is 6.16. The number of thiophene rings is 1. The zero-order valence-corrected chi connectivity index (χ0v) is 17.5. The van der Waals surface area contributed by atoms with Crippen molar-refractivity contribution in [2.75, 3.05) is 0 Å². The SMILES string of the molecule is CC1(C)Cc2c(sc3ncn4nc(CON=Cc5ccc(Cl)cc5)nc4c23)CO1. The molecule has 3 aromatic heterocycles. The number of halogens is 1. The maximum Gasteiger partial charge on any atom is 0.192 e. The molecule has 0 amide bonds. The molecule has 0 saturated heterocycles. The van der Waals surface area contributed by atoms with Crippen LogP contribution in [0, 0.1) is 0 Å². The van der Waals surface area contributed by atoms with Crippen LogP contribution in [0.25, 0.3) is 15.9 Å². The molecule has 0 unspecified atom stereocenters. The lowest BCUT2D eigenvalue weighted by Crippen LogP contribution is -2.31. The van der Waals surface area contributed by atoms with Gasteiger partial charge in [0.05, 0.1) is 23.8 Å². The number of aromatic nitrogens is 4. The van der Waals surface area contributed by atoms with Crippen LogP contribution in [-0.4, -0.2) is 31.4 Å². The van der Waals surface area contributed by atoms with Gasteiger partial charge in [-0.15, -0.1) is 16.4 Å². The number of rotatable bonds is 4. The van der Waals surface area contributed by atoms with E-state index in [0.717, 1.165) is 27.8 Å². The number of ether oxygens (including phenoxy) is 1. The molecule has 0 atom stereocenters. The Hall–Kier alpha value is -2.55. The maximum atomic E-state index is 5.94. The number of hydrogen-bond donors (Lipinski definition) is 0. The molecule has 1 aliphatic heterocycles. The molecule has 1 aliphatic rings. The van der Waals surface area contributed by atoms with Crippen LogP contribution in [0.5, 0.6) is 0 Å². The zero-order chi connectivity index (χ0) is 20.0. The lowest BCUT2D eigenvalue weighted by Gasteiger charge is -2.30. The van der Waals surface area contributed by atoms with E-state index in [1.165, 1.54) is 10.4 Å². The Balaban J connectivity index is 1.41. The number of fused-ring (bicyclic) bond motifs is 5. The second-order valence-electron chi connectivity index (χ2n) is 7.51. The molecule has 0 radical (unpaired) electrons. The summed E-state index contributed by atoms with van der Waals surface area (Å²) in [5.41, 5.74) is 2.76. The van der Waals surface area contributed by atoms with Crippen molar-refractivity contribution in [3.05, 3.63) is 57.4 Å². The average Bonchev–Trinajstić information content (AvgIpc) is 3.26. The second-order valence-corrected chi connectivity index (χ2v) is 9.03. The van der Waals surface area contributed by atoms with Gasteiger partial charge in [0, 0.05) is 16.3 Å². The second kappa shape index (κ2) is 7.05. The van der Waals surface area contributed by atoms with E-state index in [0.29, 0.717) is 17.5 Å². The van der Waals surface area contributed by atoms with Gasteiger partial charge in [0.1, 0.15) is 11.2 Å². The van der Waals surface area contributed by atoms with Gasteiger partial charge in [0.15, 0.2) is 18.1 Å². The molecule has 0 fully saturated rings. The molecule has 0 saturated carbocycles. The van der Waals surface area contributed by atoms with Crippen molar-refractivity contribution >= 4 is 45.0 Å². The largest absolute Gasteiger partial charge is 0.387 e. The normalized spacial score (nSPS) is 16.0. The van der Waals surface area contributed by atoms with Crippen molar-refractivity contribution in [1.82, 2.24) is 19.6 Å². The minimum absolute atomic E-state index is 0.175. The molecule has 0 aliphatic carbocycles. The molecule has 0 N–H and O–H groups in total. The van der Waals surface area contributed by atoms with Crippen LogP contribution >= 0.6 is 22.9 Å². The Morgan fingerprint density at radius 2 is 2.17 bits per heavy atom. The van der Waals surface area contributed by atoms with E-state index >= 15 is 0 Å². The molecule has 5 rings (SSSR count). The lowest BCUT2D eigenvalue weighted by molar-refractivity contribution is -0.0379. The summed E-state index contributed by atoms with van der Waals surface area (Å²) in [6.45, 7) is 5.00. The van der Waals surface area contributed by atoms with E-state index in [1.807, 2.05) is 12.1 Å². The Morgan fingerprint density at radius 1 is 1.34 bits per heavy atom. The Kier molecular flexibility index (Phi) is 4.49. The molecule has 0 spiro atoms. The maximum absolute atomic E-state index is 5.94. The molecule has 1 aromatic carbocycles. The summed E-state index contributed by atoms with van der Waals surface area (Å²) >= 11 is 7.54. The van der Waals surface area contributed by atoms with Gasteiger partial charge in [-0.1, -0.05) is 28.9 Å². The zero-order valence-electron chi connectivity index (χ0n) is 15.9. The summed E-state index contributed by atoms with van der Waals surface area (Å²) in [5, 5.41) is 10.2. The van der Waals surface area contributed by atoms with Crippen LogP contribution in [0.1, 0.15) is 35.7 Å². The number of hydrogen-bond acceptors (Lipinski definition) is 7. The molecule has 29 heavy (non-hydrogen) atoms. The van der Waals surface area contributed by atoms with E-state index in [1.54, 1.807) is 40.5 Å². The van der Waals surface area contributed by atoms with Gasteiger partial charge in [-0.05, 0) is 37.1 Å². The Morgan fingerprint density at radius 3 is 3.00 bits per heavy atom. The number of oxime groups is 1. The highest BCUT2D eigenvalue weighted by molar-refractivity contribution is 7.19. The van der Waals surface area contributed by atoms with Crippen LogP contribution < -0.4 is 0 Å². The van der Waals surface area contributed by atoms with Crippen molar-refractivity contribution < 1.29 is 9.57 Å². The first-order valence-corrected chi connectivity index (χ1v) is 10.4. The highest BCUT2D eigenvalue weighted by Crippen LogP contribution is 2.39. The fourth-order valence-corrected chi connectivity index (χ4v) is 4.58. The molecule has 148 valence electrons. The lowest BCUT2D eigenvalue weighted by atomic mass is 9.94. The van der Waals surface area contributed by atoms with E-state index < -0.39 is 0 Å². The monoisotopic (exact) mass is 427 g/mol. The fourth-order valence-electron chi connectivity index (χ4n) is 3.39. The topological polar surface area (TPSA) is 73.9 Å². The molecule has 7 nitrogen and oxygen atoms in total. The highest BCUT2D eigenvalue weighted by atomic mass is 35.5.